The van der Waals surface area contributed by atoms with Crippen LogP contribution < -0.4 is 0 Å². The van der Waals surface area contributed by atoms with Gasteiger partial charge in [0, 0.05) is 16.4 Å². The van der Waals surface area contributed by atoms with Crippen LogP contribution in [-0.2, 0) is 0 Å². The summed E-state index contributed by atoms with van der Waals surface area (Å²) in [4.78, 5) is 2.92. The van der Waals surface area contributed by atoms with Crippen LogP contribution in [0, 0.1) is 17.8 Å². The Hall–Kier alpha value is -1.91. The van der Waals surface area contributed by atoms with Crippen LogP contribution >= 0.6 is 0 Å². The van der Waals surface area contributed by atoms with Gasteiger partial charge in [-0.15, -0.1) is 0 Å². The first-order valence-electron chi connectivity index (χ1n) is 6.01. The van der Waals surface area contributed by atoms with Crippen LogP contribution in [0.15, 0.2) is 35.4 Å². The molecule has 0 spiro atoms. The number of rotatable bonds is 1. The van der Waals surface area contributed by atoms with Crippen molar-refractivity contribution in [2.75, 3.05) is 0 Å². The minimum atomic E-state index is 0.0602. The Kier molecular flexibility index (Phi) is 4.07. The van der Waals surface area contributed by atoms with Crippen LogP contribution in [0.1, 0.15) is 31.2 Å². The largest absolute Gasteiger partial charge is 0.0941 e. The number of benzene rings is 1. The third-order valence-corrected chi connectivity index (χ3v) is 3.11. The predicted molar refractivity (Wildman–Crippen MR) is 68.2 cm³/mol. The van der Waals surface area contributed by atoms with Gasteiger partial charge in [0.05, 0.1) is 6.04 Å². The maximum atomic E-state index is 8.53. The lowest BCUT2D eigenvalue weighted by molar-refractivity contribution is 0.371. The molecule has 1 saturated carbocycles. The van der Waals surface area contributed by atoms with Crippen LogP contribution in [-0.4, -0.2) is 6.04 Å². The van der Waals surface area contributed by atoms with Crippen molar-refractivity contribution in [3.05, 3.63) is 46.3 Å². The third kappa shape index (κ3) is 3.27. The molecule has 3 heteroatoms. The summed E-state index contributed by atoms with van der Waals surface area (Å²) in [6.45, 7) is 0. The molecule has 0 N–H and O–H groups in total. The smallest absolute Gasteiger partial charge is 0.0511 e. The van der Waals surface area contributed by atoms with Crippen molar-refractivity contribution in [1.82, 2.24) is 0 Å². The van der Waals surface area contributed by atoms with Crippen molar-refractivity contribution in [2.45, 2.75) is 31.7 Å². The summed E-state index contributed by atoms with van der Waals surface area (Å²) >= 11 is 0. The van der Waals surface area contributed by atoms with E-state index in [-0.39, 0.29) is 12.0 Å². The fourth-order valence-corrected chi connectivity index (χ4v) is 2.18. The monoisotopic (exact) mass is 225 g/mol. The molecule has 86 valence electrons. The molecule has 1 aromatic rings. The van der Waals surface area contributed by atoms with Crippen molar-refractivity contribution in [3.8, 4) is 11.8 Å². The Labute approximate surface area is 101 Å². The van der Waals surface area contributed by atoms with Gasteiger partial charge in [0.25, 0.3) is 0 Å². The van der Waals surface area contributed by atoms with Crippen LogP contribution in [0.4, 0.5) is 0 Å². The zero-order chi connectivity index (χ0) is 11.9. The molecule has 1 aliphatic rings. The number of hydrogen-bond acceptors (Lipinski definition) is 1. The van der Waals surface area contributed by atoms with E-state index in [0.29, 0.717) is 0 Å². The minimum absolute atomic E-state index is 0.0602. The van der Waals surface area contributed by atoms with E-state index in [1.165, 1.54) is 6.42 Å². The maximum Gasteiger partial charge on any atom is 0.0511 e. The molecular weight excluding hydrogens is 210 g/mol. The van der Waals surface area contributed by atoms with Crippen LogP contribution in [0.25, 0.3) is 10.4 Å². The van der Waals surface area contributed by atoms with Gasteiger partial charge in [0.15, 0.2) is 0 Å². The van der Waals surface area contributed by atoms with Gasteiger partial charge in [0.2, 0.25) is 0 Å². The lowest BCUT2D eigenvalue weighted by Crippen LogP contribution is -2.21. The molecule has 0 radical (unpaired) electrons. The highest BCUT2D eigenvalue weighted by Gasteiger charge is 2.22. The number of nitrogens with zero attached hydrogens (tertiary/aromatic N) is 3. The second-order valence-electron chi connectivity index (χ2n) is 4.30. The molecule has 0 aromatic heterocycles. The van der Waals surface area contributed by atoms with Crippen molar-refractivity contribution >= 4 is 0 Å². The summed E-state index contributed by atoms with van der Waals surface area (Å²) in [5.74, 6) is 6.65. The van der Waals surface area contributed by atoms with E-state index in [9.17, 15) is 0 Å². The zero-order valence-corrected chi connectivity index (χ0v) is 9.71. The average Bonchev–Trinajstić information content (AvgIpc) is 2.39. The highest BCUT2D eigenvalue weighted by molar-refractivity contribution is 5.34. The molecule has 0 heterocycles. The lowest BCUT2D eigenvalue weighted by atomic mass is 9.85. The molecule has 1 aromatic carbocycles. The Morgan fingerprint density at radius 3 is 2.71 bits per heavy atom. The van der Waals surface area contributed by atoms with Gasteiger partial charge in [-0.2, -0.15) is 0 Å². The van der Waals surface area contributed by atoms with Gasteiger partial charge in [-0.3, -0.25) is 0 Å². The molecule has 2 atom stereocenters. The van der Waals surface area contributed by atoms with Crippen molar-refractivity contribution < 1.29 is 0 Å². The van der Waals surface area contributed by atoms with E-state index in [0.717, 1.165) is 24.8 Å². The summed E-state index contributed by atoms with van der Waals surface area (Å²) in [5.41, 5.74) is 9.56. The molecule has 0 amide bonds. The summed E-state index contributed by atoms with van der Waals surface area (Å²) in [5, 5.41) is 3.86. The lowest BCUT2D eigenvalue weighted by Gasteiger charge is -2.23. The molecule has 1 fully saturated rings. The Morgan fingerprint density at radius 2 is 1.94 bits per heavy atom. The normalized spacial score (nSPS) is 23.1. The van der Waals surface area contributed by atoms with Crippen LogP contribution in [0.5, 0.6) is 0 Å². The Balaban J connectivity index is 2.11. The van der Waals surface area contributed by atoms with Gasteiger partial charge >= 0.3 is 0 Å². The van der Waals surface area contributed by atoms with Crippen molar-refractivity contribution in [3.63, 3.8) is 0 Å². The van der Waals surface area contributed by atoms with Crippen LogP contribution in [0.2, 0.25) is 0 Å². The Bertz CT molecular complexity index is 463. The summed E-state index contributed by atoms with van der Waals surface area (Å²) in [6, 6.07) is 10.0. The van der Waals surface area contributed by atoms with Gasteiger partial charge in [-0.25, -0.2) is 0 Å². The first kappa shape index (κ1) is 11.6. The van der Waals surface area contributed by atoms with Crippen molar-refractivity contribution in [2.24, 2.45) is 11.0 Å². The van der Waals surface area contributed by atoms with Gasteiger partial charge in [0.1, 0.15) is 0 Å². The second-order valence-corrected chi connectivity index (χ2v) is 4.30. The molecule has 0 saturated heterocycles. The standard InChI is InChI=1S/C14H15N3/c15-17-16-14-9-5-4-8-13(14)11-10-12-6-2-1-3-7-12/h1-3,6-7,13-14H,4-5,8-9H2/t13-,14-/m0/s1. The fourth-order valence-electron chi connectivity index (χ4n) is 2.18. The van der Waals surface area contributed by atoms with Gasteiger partial charge in [-0.05, 0) is 30.5 Å². The highest BCUT2D eigenvalue weighted by atomic mass is 15.1. The molecule has 3 nitrogen and oxygen atoms in total. The average molecular weight is 225 g/mol. The van der Waals surface area contributed by atoms with E-state index in [1.807, 2.05) is 30.3 Å². The molecule has 17 heavy (non-hydrogen) atoms. The van der Waals surface area contributed by atoms with E-state index in [2.05, 4.69) is 21.9 Å². The van der Waals surface area contributed by atoms with Crippen LogP contribution in [0.3, 0.4) is 0 Å². The minimum Gasteiger partial charge on any atom is -0.0941 e. The first-order chi connectivity index (χ1) is 8.40. The van der Waals surface area contributed by atoms with E-state index < -0.39 is 0 Å². The SMILES string of the molecule is [N-]=[N+]=N[C@H]1CCCC[C@H]1C#Cc1ccccc1. The Morgan fingerprint density at radius 1 is 1.18 bits per heavy atom. The summed E-state index contributed by atoms with van der Waals surface area (Å²) < 4.78 is 0. The van der Waals surface area contributed by atoms with Gasteiger partial charge in [-0.1, -0.05) is 48.0 Å². The predicted octanol–water partition coefficient (Wildman–Crippen LogP) is 3.91. The maximum absolute atomic E-state index is 8.53. The van der Waals surface area contributed by atoms with E-state index in [1.54, 1.807) is 0 Å². The highest BCUT2D eigenvalue weighted by Crippen LogP contribution is 2.26. The molecule has 1 aliphatic carbocycles. The van der Waals surface area contributed by atoms with Gasteiger partial charge < -0.3 is 0 Å². The fraction of sp³-hybridized carbons (Fsp3) is 0.429. The number of azide groups is 1. The van der Waals surface area contributed by atoms with E-state index in [4.69, 9.17) is 5.53 Å². The van der Waals surface area contributed by atoms with Crippen molar-refractivity contribution in [1.29, 1.82) is 0 Å². The zero-order valence-electron chi connectivity index (χ0n) is 9.71. The molecule has 2 rings (SSSR count). The molecular formula is C14H15N3. The topological polar surface area (TPSA) is 48.8 Å². The third-order valence-electron chi connectivity index (χ3n) is 3.11. The molecule has 0 aliphatic heterocycles. The summed E-state index contributed by atoms with van der Waals surface area (Å²) in [6.07, 6.45) is 4.35. The quantitative estimate of drug-likeness (QED) is 0.301. The van der Waals surface area contributed by atoms with E-state index >= 15 is 0 Å². The first-order valence-corrected chi connectivity index (χ1v) is 6.01. The number of hydrogen-bond donors (Lipinski definition) is 0. The second kappa shape index (κ2) is 5.98. The summed E-state index contributed by atoms with van der Waals surface area (Å²) in [7, 11) is 0. The molecule has 0 unspecified atom stereocenters. The molecule has 0 bridgehead atoms.